The van der Waals surface area contributed by atoms with Gasteiger partial charge in [-0.05, 0) is 61.2 Å². The van der Waals surface area contributed by atoms with Gasteiger partial charge in [0.15, 0.2) is 0 Å². The lowest BCUT2D eigenvalue weighted by Crippen LogP contribution is -2.34. The van der Waals surface area contributed by atoms with Crippen molar-refractivity contribution in [3.05, 3.63) is 59.8 Å². The molecule has 150 valence electrons. The van der Waals surface area contributed by atoms with Crippen molar-refractivity contribution in [2.24, 2.45) is 7.05 Å². The summed E-state index contributed by atoms with van der Waals surface area (Å²) >= 11 is 0. The Balaban J connectivity index is 1.31. The first-order chi connectivity index (χ1) is 14.1. The van der Waals surface area contributed by atoms with Crippen molar-refractivity contribution in [2.45, 2.75) is 25.3 Å². The van der Waals surface area contributed by atoms with Crippen molar-refractivity contribution in [1.29, 1.82) is 0 Å². The Labute approximate surface area is 169 Å². The molecule has 2 heterocycles. The van der Waals surface area contributed by atoms with Crippen LogP contribution in [-0.2, 0) is 23.2 Å². The molecule has 0 radical (unpaired) electrons. The van der Waals surface area contributed by atoms with Gasteiger partial charge in [-0.3, -0.25) is 14.3 Å². The summed E-state index contributed by atoms with van der Waals surface area (Å²) in [5, 5.41) is 14.1. The normalized spacial score (nSPS) is 14.7. The predicted molar refractivity (Wildman–Crippen MR) is 112 cm³/mol. The van der Waals surface area contributed by atoms with Crippen molar-refractivity contribution in [1.82, 2.24) is 20.4 Å². The summed E-state index contributed by atoms with van der Waals surface area (Å²) in [5.74, 6) is -0.771. The maximum absolute atomic E-state index is 12.2. The summed E-state index contributed by atoms with van der Waals surface area (Å²) in [6.45, 7) is 2.35. The third-order valence-electron chi connectivity index (χ3n) is 5.32. The highest BCUT2D eigenvalue weighted by Gasteiger charge is 2.16. The minimum absolute atomic E-state index is 0.271. The summed E-state index contributed by atoms with van der Waals surface area (Å²) in [5.41, 5.74) is 3.65. The summed E-state index contributed by atoms with van der Waals surface area (Å²) in [6.07, 6.45) is 4.18. The molecule has 7 nitrogen and oxygen atoms in total. The first-order valence-corrected chi connectivity index (χ1v) is 9.90. The topological polar surface area (TPSA) is 88.0 Å². The molecular weight excluding hydrogens is 366 g/mol. The lowest BCUT2D eigenvalue weighted by Gasteiger charge is -2.23. The molecule has 0 spiro atoms. The van der Waals surface area contributed by atoms with Crippen LogP contribution in [0, 0.1) is 0 Å². The molecule has 29 heavy (non-hydrogen) atoms. The summed E-state index contributed by atoms with van der Waals surface area (Å²) in [6, 6.07) is 13.6. The summed E-state index contributed by atoms with van der Waals surface area (Å²) < 4.78 is 1.75. The molecule has 1 aromatic heterocycles. The molecule has 0 atom stereocenters. The smallest absolute Gasteiger partial charge is 0.313 e. The molecule has 1 aliphatic heterocycles. The van der Waals surface area contributed by atoms with E-state index in [-0.39, 0.29) is 6.54 Å². The van der Waals surface area contributed by atoms with Gasteiger partial charge < -0.3 is 16.0 Å². The van der Waals surface area contributed by atoms with Crippen molar-refractivity contribution in [2.75, 3.05) is 18.4 Å². The molecule has 0 aliphatic carbocycles. The minimum atomic E-state index is -0.668. The highest BCUT2D eigenvalue weighted by molar-refractivity contribution is 6.39. The van der Waals surface area contributed by atoms with E-state index in [4.69, 9.17) is 0 Å². The average molecular weight is 391 g/mol. The number of hydrogen-bond donors (Lipinski definition) is 3. The third-order valence-corrected chi connectivity index (χ3v) is 5.32. The van der Waals surface area contributed by atoms with E-state index in [1.54, 1.807) is 4.68 Å². The van der Waals surface area contributed by atoms with Gasteiger partial charge in [-0.1, -0.05) is 24.3 Å². The van der Waals surface area contributed by atoms with E-state index in [0.29, 0.717) is 11.6 Å². The molecule has 2 amide bonds. The van der Waals surface area contributed by atoms with Crippen LogP contribution in [0.5, 0.6) is 0 Å². The number of carbonyl (C=O) groups is 2. The van der Waals surface area contributed by atoms with Gasteiger partial charge in [0.05, 0.1) is 5.52 Å². The lowest BCUT2D eigenvalue weighted by atomic mass is 9.90. The Kier molecular flexibility index (Phi) is 5.57. The van der Waals surface area contributed by atoms with E-state index in [9.17, 15) is 9.59 Å². The Hall–Kier alpha value is -3.19. The number of fused-ring (bicyclic) bond motifs is 1. The highest BCUT2D eigenvalue weighted by atomic mass is 16.2. The number of nitrogens with one attached hydrogen (secondary N) is 3. The van der Waals surface area contributed by atoms with Gasteiger partial charge in [0.2, 0.25) is 0 Å². The van der Waals surface area contributed by atoms with Gasteiger partial charge >= 0.3 is 11.8 Å². The Morgan fingerprint density at radius 3 is 2.62 bits per heavy atom. The third kappa shape index (κ3) is 4.63. The van der Waals surface area contributed by atoms with Crippen LogP contribution >= 0.6 is 0 Å². The number of anilines is 1. The highest BCUT2D eigenvalue weighted by Crippen LogP contribution is 2.26. The van der Waals surface area contributed by atoms with Crippen LogP contribution in [0.1, 0.15) is 29.9 Å². The van der Waals surface area contributed by atoms with Gasteiger partial charge in [0.25, 0.3) is 0 Å². The van der Waals surface area contributed by atoms with Crippen molar-refractivity contribution in [3.63, 3.8) is 0 Å². The van der Waals surface area contributed by atoms with Crippen LogP contribution in [0.25, 0.3) is 10.9 Å². The van der Waals surface area contributed by atoms with Crippen LogP contribution < -0.4 is 16.0 Å². The van der Waals surface area contributed by atoms with Crippen LogP contribution in [0.3, 0.4) is 0 Å². The van der Waals surface area contributed by atoms with Gasteiger partial charge in [-0.2, -0.15) is 5.10 Å². The van der Waals surface area contributed by atoms with Gasteiger partial charge in [-0.25, -0.2) is 0 Å². The number of nitrogens with zero attached hydrogens (tertiary/aromatic N) is 2. The van der Waals surface area contributed by atoms with Gasteiger partial charge in [0, 0.05) is 30.9 Å². The van der Waals surface area contributed by atoms with Crippen LogP contribution in [0.4, 0.5) is 5.69 Å². The molecule has 0 bridgehead atoms. The standard InChI is InChI=1S/C22H25N5O2/c1-27-14-18-3-2-15(12-20(18)26-27)13-24-21(28)22(29)25-19-6-4-16(5-7-19)17-8-10-23-11-9-17/h2-7,12,14,17,23H,8-11,13H2,1H3,(H,24,28)(H,25,29). The number of carbonyl (C=O) groups excluding carboxylic acids is 2. The Bertz CT molecular complexity index is 1020. The number of amides is 2. The van der Waals surface area contributed by atoms with Crippen molar-refractivity contribution < 1.29 is 9.59 Å². The summed E-state index contributed by atoms with van der Waals surface area (Å²) in [7, 11) is 1.87. The number of aromatic nitrogens is 2. The van der Waals surface area contributed by atoms with Gasteiger partial charge in [0.1, 0.15) is 0 Å². The predicted octanol–water partition coefficient (Wildman–Crippen LogP) is 2.30. The molecular formula is C22H25N5O2. The molecule has 4 rings (SSSR count). The SMILES string of the molecule is Cn1cc2ccc(CNC(=O)C(=O)Nc3ccc(C4CCNCC4)cc3)cc2n1. The zero-order valence-corrected chi connectivity index (χ0v) is 16.4. The lowest BCUT2D eigenvalue weighted by molar-refractivity contribution is -0.136. The van der Waals surface area contributed by atoms with E-state index in [1.807, 2.05) is 55.7 Å². The quantitative estimate of drug-likeness (QED) is 0.596. The van der Waals surface area contributed by atoms with Crippen LogP contribution in [-0.4, -0.2) is 34.7 Å². The average Bonchev–Trinajstić information content (AvgIpc) is 3.12. The minimum Gasteiger partial charge on any atom is -0.344 e. The number of piperidine rings is 1. The van der Waals surface area contributed by atoms with Gasteiger partial charge in [-0.15, -0.1) is 0 Å². The molecule has 0 unspecified atom stereocenters. The largest absolute Gasteiger partial charge is 0.344 e. The van der Waals surface area contributed by atoms with Crippen molar-refractivity contribution >= 4 is 28.4 Å². The second-order valence-corrected chi connectivity index (χ2v) is 7.48. The van der Waals surface area contributed by atoms with E-state index >= 15 is 0 Å². The zero-order chi connectivity index (χ0) is 20.2. The Morgan fingerprint density at radius 1 is 1.10 bits per heavy atom. The maximum Gasteiger partial charge on any atom is 0.313 e. The first kappa shape index (κ1) is 19.1. The summed E-state index contributed by atoms with van der Waals surface area (Å²) in [4.78, 5) is 24.3. The van der Waals surface area contributed by atoms with Crippen LogP contribution in [0.15, 0.2) is 48.7 Å². The first-order valence-electron chi connectivity index (χ1n) is 9.90. The second kappa shape index (κ2) is 8.45. The fourth-order valence-corrected chi connectivity index (χ4v) is 3.74. The molecule has 3 N–H and O–H groups in total. The van der Waals surface area contributed by atoms with Crippen LogP contribution in [0.2, 0.25) is 0 Å². The molecule has 1 aliphatic rings. The maximum atomic E-state index is 12.2. The number of rotatable bonds is 4. The Morgan fingerprint density at radius 2 is 1.86 bits per heavy atom. The number of aryl methyl sites for hydroxylation is 1. The number of hydrogen-bond acceptors (Lipinski definition) is 4. The molecule has 2 aromatic carbocycles. The molecule has 0 saturated carbocycles. The second-order valence-electron chi connectivity index (χ2n) is 7.48. The zero-order valence-electron chi connectivity index (χ0n) is 16.4. The monoisotopic (exact) mass is 391 g/mol. The molecule has 1 fully saturated rings. The van der Waals surface area contributed by atoms with E-state index in [1.165, 1.54) is 5.56 Å². The fraction of sp³-hybridized carbons (Fsp3) is 0.318. The van der Waals surface area contributed by atoms with E-state index < -0.39 is 11.8 Å². The van der Waals surface area contributed by atoms with Crippen molar-refractivity contribution in [3.8, 4) is 0 Å². The molecule has 7 heteroatoms. The number of benzene rings is 2. The van der Waals surface area contributed by atoms with E-state index in [2.05, 4.69) is 21.0 Å². The molecule has 1 saturated heterocycles. The van der Waals surface area contributed by atoms with E-state index in [0.717, 1.165) is 42.4 Å². The molecule has 3 aromatic rings. The fourth-order valence-electron chi connectivity index (χ4n) is 3.74.